The largest absolute Gasteiger partial charge is 0.497 e. The van der Waals surface area contributed by atoms with E-state index in [9.17, 15) is 9.59 Å². The number of fused-ring (bicyclic) bond motifs is 1. The quantitative estimate of drug-likeness (QED) is 0.371. The summed E-state index contributed by atoms with van der Waals surface area (Å²) in [4.78, 5) is 27.2. The van der Waals surface area contributed by atoms with Gasteiger partial charge in [0.05, 0.1) is 18.4 Å². The molecule has 0 amide bonds. The van der Waals surface area contributed by atoms with Crippen molar-refractivity contribution in [1.82, 2.24) is 4.57 Å². The van der Waals surface area contributed by atoms with Crippen LogP contribution >= 0.6 is 0 Å². The first kappa shape index (κ1) is 21.7. The highest BCUT2D eigenvalue weighted by molar-refractivity contribution is 6.15. The van der Waals surface area contributed by atoms with Crippen LogP contribution in [0.25, 0.3) is 11.3 Å². The van der Waals surface area contributed by atoms with Crippen molar-refractivity contribution in [3.63, 3.8) is 0 Å². The van der Waals surface area contributed by atoms with Gasteiger partial charge in [-0.1, -0.05) is 60.7 Å². The van der Waals surface area contributed by atoms with Crippen LogP contribution in [0.4, 0.5) is 5.82 Å². The number of hydrogen-bond acceptors (Lipinski definition) is 4. The highest BCUT2D eigenvalue weighted by atomic mass is 16.5. The number of nitrogens with zero attached hydrogens (tertiary/aromatic N) is 1. The monoisotopic (exact) mass is 450 g/mol. The Labute approximate surface area is 199 Å². The van der Waals surface area contributed by atoms with E-state index in [-0.39, 0.29) is 18.0 Å². The van der Waals surface area contributed by atoms with E-state index in [2.05, 4.69) is 9.88 Å². The van der Waals surface area contributed by atoms with Gasteiger partial charge in [-0.05, 0) is 41.8 Å². The van der Waals surface area contributed by atoms with Crippen LogP contribution in [-0.2, 0) is 13.0 Å². The number of hydrogen-bond donors (Lipinski definition) is 1. The Balaban J connectivity index is 1.71. The third-order valence-corrected chi connectivity index (χ3v) is 6.27. The average Bonchev–Trinajstić information content (AvgIpc) is 3.22. The normalized spacial score (nSPS) is 12.5. The molecule has 5 nitrogen and oxygen atoms in total. The van der Waals surface area contributed by atoms with E-state index >= 15 is 0 Å². The molecule has 0 radical (unpaired) electrons. The molecular formula is C29H26N2O3. The number of rotatable bonds is 7. The minimum atomic E-state index is -0.0747. The minimum Gasteiger partial charge on any atom is -0.497 e. The molecule has 0 saturated heterocycles. The fourth-order valence-corrected chi connectivity index (χ4v) is 4.64. The number of anilines is 1. The Bertz CT molecular complexity index is 1320. The van der Waals surface area contributed by atoms with Crippen molar-refractivity contribution in [2.24, 2.45) is 0 Å². The summed E-state index contributed by atoms with van der Waals surface area (Å²) in [6.45, 7) is 1.56. The van der Waals surface area contributed by atoms with Crippen molar-refractivity contribution in [3.05, 3.63) is 107 Å². The summed E-state index contributed by atoms with van der Waals surface area (Å²) in [5.74, 6) is 1.46. The van der Waals surface area contributed by atoms with E-state index in [1.54, 1.807) is 7.11 Å². The van der Waals surface area contributed by atoms with Crippen LogP contribution in [0.1, 0.15) is 38.3 Å². The zero-order valence-corrected chi connectivity index (χ0v) is 19.1. The van der Waals surface area contributed by atoms with E-state index < -0.39 is 0 Å². The van der Waals surface area contributed by atoms with Crippen molar-refractivity contribution in [2.45, 2.75) is 19.4 Å². The van der Waals surface area contributed by atoms with Gasteiger partial charge in [-0.15, -0.1) is 0 Å². The number of carbonyl (C=O) groups is 2. The lowest BCUT2D eigenvalue weighted by Crippen LogP contribution is -2.19. The first-order valence-electron chi connectivity index (χ1n) is 11.5. The molecule has 1 N–H and O–H groups in total. The molecule has 0 saturated carbocycles. The molecule has 2 heterocycles. The molecule has 5 rings (SSSR count). The van der Waals surface area contributed by atoms with E-state index in [1.807, 2.05) is 84.9 Å². The Morgan fingerprint density at radius 3 is 2.18 bits per heavy atom. The molecule has 1 aliphatic rings. The molecule has 1 aliphatic heterocycles. The van der Waals surface area contributed by atoms with Gasteiger partial charge >= 0.3 is 0 Å². The smallest absolute Gasteiger partial charge is 0.197 e. The maximum absolute atomic E-state index is 13.8. The van der Waals surface area contributed by atoms with E-state index in [0.717, 1.165) is 47.9 Å². The number of benzene rings is 3. The van der Waals surface area contributed by atoms with E-state index in [0.29, 0.717) is 16.7 Å². The van der Waals surface area contributed by atoms with Crippen molar-refractivity contribution in [3.8, 4) is 17.0 Å². The second kappa shape index (κ2) is 9.40. The average molecular weight is 451 g/mol. The number of ether oxygens (including phenoxy) is 1. The standard InChI is InChI=1S/C29H26N2O3/c1-34-23-15-13-21(14-16-23)27-24(19-25(32)20-9-4-2-5-10-20)26(29-30-17-8-18-31(27)29)28(33)22-11-6-3-7-12-22/h2-7,9-16,30H,8,17-19H2,1H3. The second-order valence-electron chi connectivity index (χ2n) is 8.37. The number of methoxy groups -OCH3 is 1. The number of ketones is 2. The molecule has 0 aliphatic carbocycles. The fraction of sp³-hybridized carbons (Fsp3) is 0.172. The molecule has 0 spiro atoms. The number of nitrogens with one attached hydrogen (secondary N) is 1. The topological polar surface area (TPSA) is 60.3 Å². The summed E-state index contributed by atoms with van der Waals surface area (Å²) in [5.41, 5.74) is 4.46. The SMILES string of the molecule is COc1ccc(-c2c(CC(=O)c3ccccc3)c(C(=O)c3ccccc3)c3n2CCCN3)cc1. The third-order valence-electron chi connectivity index (χ3n) is 6.27. The van der Waals surface area contributed by atoms with Gasteiger partial charge in [0.2, 0.25) is 0 Å². The van der Waals surface area contributed by atoms with Gasteiger partial charge in [-0.2, -0.15) is 0 Å². The summed E-state index contributed by atoms with van der Waals surface area (Å²) in [5, 5.41) is 3.45. The molecular weight excluding hydrogens is 424 g/mol. The van der Waals surface area contributed by atoms with Crippen LogP contribution in [0.3, 0.4) is 0 Å². The minimum absolute atomic E-state index is 0.0135. The predicted molar refractivity (Wildman–Crippen MR) is 134 cm³/mol. The van der Waals surface area contributed by atoms with Crippen molar-refractivity contribution < 1.29 is 14.3 Å². The first-order valence-corrected chi connectivity index (χ1v) is 11.5. The van der Waals surface area contributed by atoms with Gasteiger partial charge in [-0.25, -0.2) is 0 Å². The molecule has 34 heavy (non-hydrogen) atoms. The highest BCUT2D eigenvalue weighted by Gasteiger charge is 2.31. The Kier molecular flexibility index (Phi) is 6.00. The molecule has 3 aromatic carbocycles. The van der Waals surface area contributed by atoms with Crippen LogP contribution in [-0.4, -0.2) is 29.8 Å². The van der Waals surface area contributed by atoms with Crippen LogP contribution in [0, 0.1) is 0 Å². The molecule has 0 fully saturated rings. The van der Waals surface area contributed by atoms with Crippen molar-refractivity contribution in [1.29, 1.82) is 0 Å². The highest BCUT2D eigenvalue weighted by Crippen LogP contribution is 2.39. The summed E-state index contributed by atoms with van der Waals surface area (Å²) >= 11 is 0. The van der Waals surface area contributed by atoms with Crippen LogP contribution in [0.15, 0.2) is 84.9 Å². The maximum atomic E-state index is 13.8. The van der Waals surface area contributed by atoms with Crippen molar-refractivity contribution >= 4 is 17.4 Å². The second-order valence-corrected chi connectivity index (χ2v) is 8.37. The summed E-state index contributed by atoms with van der Waals surface area (Å²) in [6, 6.07) is 26.3. The van der Waals surface area contributed by atoms with Gasteiger partial charge in [0.15, 0.2) is 11.6 Å². The molecule has 0 bridgehead atoms. The number of carbonyl (C=O) groups excluding carboxylic acids is 2. The Morgan fingerprint density at radius 2 is 1.53 bits per heavy atom. The zero-order valence-electron chi connectivity index (χ0n) is 19.1. The predicted octanol–water partition coefficient (Wildman–Crippen LogP) is 5.64. The summed E-state index contributed by atoms with van der Waals surface area (Å²) in [6.07, 6.45) is 1.08. The summed E-state index contributed by atoms with van der Waals surface area (Å²) in [7, 11) is 1.64. The lowest BCUT2D eigenvalue weighted by molar-refractivity contribution is 0.0993. The van der Waals surface area contributed by atoms with E-state index in [1.165, 1.54) is 0 Å². The van der Waals surface area contributed by atoms with Gasteiger partial charge in [-0.3, -0.25) is 9.59 Å². The van der Waals surface area contributed by atoms with Crippen LogP contribution in [0.5, 0.6) is 5.75 Å². The molecule has 1 aromatic heterocycles. The third kappa shape index (κ3) is 4.01. The first-order chi connectivity index (χ1) is 16.7. The fourth-order valence-electron chi connectivity index (χ4n) is 4.64. The molecule has 5 heteroatoms. The number of Topliss-reactive ketones (excluding diaryl/α,β-unsaturated/α-hetero) is 1. The van der Waals surface area contributed by atoms with Crippen molar-refractivity contribution in [2.75, 3.05) is 19.0 Å². The van der Waals surface area contributed by atoms with Gasteiger partial charge in [0.1, 0.15) is 11.6 Å². The Morgan fingerprint density at radius 1 is 0.882 bits per heavy atom. The summed E-state index contributed by atoms with van der Waals surface area (Å²) < 4.78 is 7.51. The zero-order chi connectivity index (χ0) is 23.5. The molecule has 170 valence electrons. The van der Waals surface area contributed by atoms with E-state index in [4.69, 9.17) is 4.74 Å². The molecule has 4 aromatic rings. The Hall–Kier alpha value is -4.12. The number of aromatic nitrogens is 1. The van der Waals surface area contributed by atoms with Gasteiger partial charge < -0.3 is 14.6 Å². The van der Waals surface area contributed by atoms with Gasteiger partial charge in [0.25, 0.3) is 0 Å². The molecule has 0 atom stereocenters. The lowest BCUT2D eigenvalue weighted by atomic mass is 9.93. The lowest BCUT2D eigenvalue weighted by Gasteiger charge is -2.20. The van der Waals surface area contributed by atoms with Crippen LogP contribution < -0.4 is 10.1 Å². The molecule has 0 unspecified atom stereocenters. The van der Waals surface area contributed by atoms with Crippen LogP contribution in [0.2, 0.25) is 0 Å². The van der Waals surface area contributed by atoms with Gasteiger partial charge in [0, 0.05) is 30.6 Å². The maximum Gasteiger partial charge on any atom is 0.197 e.